The van der Waals surface area contributed by atoms with Crippen LogP contribution in [0.2, 0.25) is 18.1 Å². The molecule has 8 rings (SSSR count). The number of hydrogen-bond donors (Lipinski definition) is 3. The third-order valence-electron chi connectivity index (χ3n) is 26.4. The van der Waals surface area contributed by atoms with E-state index in [-0.39, 0.29) is 124 Å². The minimum absolute atomic E-state index is 0.000953. The van der Waals surface area contributed by atoms with Gasteiger partial charge in [-0.3, -0.25) is 24.0 Å². The van der Waals surface area contributed by atoms with E-state index in [0.29, 0.717) is 61.9 Å². The fourth-order valence-electron chi connectivity index (χ4n) is 18.4. The van der Waals surface area contributed by atoms with Crippen LogP contribution in [0.1, 0.15) is 302 Å². The molecule has 0 amide bonds. The maximum absolute atomic E-state index is 14.1. The van der Waals surface area contributed by atoms with E-state index < -0.39 is 122 Å². The zero-order valence-electron chi connectivity index (χ0n) is 76.8. The molecule has 8 aliphatic rings. The zero-order valence-corrected chi connectivity index (χ0v) is 77.8. The van der Waals surface area contributed by atoms with Crippen LogP contribution in [-0.2, 0) is 109 Å². The number of esters is 6. The topological polar surface area (TPSA) is 328 Å². The predicted molar refractivity (Wildman–Crippen MR) is 458 cm³/mol. The number of cyclic esters (lactones) is 1. The Labute approximate surface area is 724 Å². The number of ether oxygens (including phenoxy) is 15. The normalized spacial score (nSPS) is 33.0. The van der Waals surface area contributed by atoms with Crippen LogP contribution < -0.4 is 0 Å². The molecule has 6 saturated heterocycles. The molecule has 7 aliphatic heterocycles. The van der Waals surface area contributed by atoms with Gasteiger partial charge in [0.2, 0.25) is 11.6 Å². The van der Waals surface area contributed by atoms with Crippen LogP contribution in [0.5, 0.6) is 0 Å². The molecule has 1 aliphatic carbocycles. The van der Waals surface area contributed by atoms with Gasteiger partial charge in [-0.25, -0.2) is 9.59 Å². The number of methoxy groups -OCH3 is 3. The number of hydrogen-bond acceptors (Lipinski definition) is 26. The molecule has 7 heterocycles. The fourth-order valence-corrected chi connectivity index (χ4v) is 19.5. The van der Waals surface area contributed by atoms with E-state index in [0.717, 1.165) is 129 Å². The molecule has 692 valence electrons. The Hall–Kier alpha value is -4.85. The van der Waals surface area contributed by atoms with E-state index >= 15 is 0 Å². The second-order valence-electron chi connectivity index (χ2n) is 38.7. The highest BCUT2D eigenvalue weighted by Crippen LogP contribution is 2.52. The first-order valence-electron chi connectivity index (χ1n) is 45.9. The van der Waals surface area contributed by atoms with E-state index in [1.807, 2.05) is 13.8 Å². The van der Waals surface area contributed by atoms with Crippen LogP contribution in [0, 0.1) is 34.5 Å². The second kappa shape index (κ2) is 48.9. The minimum Gasteiger partial charge on any atom is -0.466 e. The van der Waals surface area contributed by atoms with E-state index in [9.17, 15) is 48.9 Å². The Morgan fingerprint density at radius 2 is 1.28 bits per heavy atom. The Morgan fingerprint density at radius 3 is 1.90 bits per heavy atom. The van der Waals surface area contributed by atoms with Crippen molar-refractivity contribution < 1.29 is 124 Å². The van der Waals surface area contributed by atoms with Crippen molar-refractivity contribution in [3.63, 3.8) is 0 Å². The Balaban J connectivity index is 0.000000350. The van der Waals surface area contributed by atoms with E-state index in [4.69, 9.17) is 75.5 Å². The van der Waals surface area contributed by atoms with Crippen molar-refractivity contribution in [2.45, 2.75) is 423 Å². The number of aliphatic hydroxyl groups is 3. The van der Waals surface area contributed by atoms with E-state index in [1.54, 1.807) is 32.1 Å². The van der Waals surface area contributed by atoms with Gasteiger partial charge in [-0.2, -0.15) is 0 Å². The highest BCUT2D eigenvalue weighted by atomic mass is 28.4. The van der Waals surface area contributed by atoms with Gasteiger partial charge in [-0.05, 0) is 162 Å². The summed E-state index contributed by atoms with van der Waals surface area (Å²) in [4.78, 5) is 91.3. The van der Waals surface area contributed by atoms with Gasteiger partial charge in [0.25, 0.3) is 0 Å². The first kappa shape index (κ1) is 103. The summed E-state index contributed by atoms with van der Waals surface area (Å²) in [6.07, 6.45) is 24.3. The summed E-state index contributed by atoms with van der Waals surface area (Å²) >= 11 is 0. The summed E-state index contributed by atoms with van der Waals surface area (Å²) in [5.74, 6) is -6.41. The maximum Gasteiger partial charge on any atom is 0.330 e. The quantitative estimate of drug-likeness (QED) is 0.0102. The molecule has 1 spiro atoms. The molecule has 121 heavy (non-hydrogen) atoms. The number of allylic oxidation sites excluding steroid dienone is 1. The van der Waals surface area contributed by atoms with Crippen molar-refractivity contribution in [2.75, 3.05) is 47.8 Å². The summed E-state index contributed by atoms with van der Waals surface area (Å²) in [6, 6.07) is 0. The summed E-state index contributed by atoms with van der Waals surface area (Å²) in [5.41, 5.74) is -1.70. The lowest BCUT2D eigenvalue weighted by Crippen LogP contribution is -2.63. The van der Waals surface area contributed by atoms with Gasteiger partial charge in [0.1, 0.15) is 18.5 Å². The smallest absolute Gasteiger partial charge is 0.330 e. The highest BCUT2D eigenvalue weighted by Gasteiger charge is 2.61. The minimum atomic E-state index is -2.32. The van der Waals surface area contributed by atoms with Crippen molar-refractivity contribution in [1.82, 2.24) is 0 Å². The standard InChI is InChI=1S/C56H96O13Si.C38H60O13/c1-15-16-17-18-19-24-49(58)67-52-42(34-50(59)61-11)33-46(69-56(52,62-12)54(9,10)28-21-29-57)36-47(38-64-70(13,14)53(6,7)8)66-51(60)32-41(5)31-43-22-20-23-44(65-43)35-45-27-30-63-55(68-45)37-40(4)25-26-48(55)39(2)3;1-5-6-7-8-9-13-32(41)50-36-25(19-33(42)45-4)18-30-23-31(24-39)48-34(43)21-26(40)20-27-11-10-12-28(47-27)22-29-15-17-46-35(49-29)14-16-37(2,3)38(36,44)51-30/h21,28-29,34,39-41,43-48,52H,15-20,22-27,30-33,35-38H2,1-14H3;14,16,19,26-31,35-36,39-40,44H,5-13,15,17-18,20-24H2,1-4H3/b28-21+,42-34+;16-14+,25-19+/t40-,41-,43+,44-,45+,46+,47-,48+,52+,55?,56-;26-,27+,28-,29+,30+,31-,35+,36+,38-/m11/s1. The first-order chi connectivity index (χ1) is 57.3. The lowest BCUT2D eigenvalue weighted by atomic mass is 9.72. The number of rotatable bonds is 34. The number of unbranched alkanes of at least 4 members (excludes halogenated alkanes) is 8. The largest absolute Gasteiger partial charge is 0.466 e. The SMILES string of the molecule is CCCCCCCC(=O)O[C@H]1/C(=C/C(=O)OC)C[C@@H](C[C@H](CO[Si](C)(C)C(C)(C)C)OC(=O)C[C@H](C)C[C@@H]2CCC[C@H](C[C@@H]3CCOC4(C[C@H](C)CC[C@H]4C(C)C)O3)O2)O[C@@]1(OC)C(C)(C)/C=C/C=O.CCCCCCCC(=O)O[C@H]1/C(=C/C(=O)OC)C[C@H]2C[C@H](CO)OC(=O)C[C@H](O)C[C@@H]3CCC[C@H](C[C@@H]4CCO[C@H](/C=C/C(C)(C)[C@]1(O)O2)O4)O3. The lowest BCUT2D eigenvalue weighted by molar-refractivity contribution is -0.342. The Bertz CT molecular complexity index is 3340. The monoisotopic (exact) mass is 1730 g/mol. The van der Waals surface area contributed by atoms with E-state index in [1.165, 1.54) is 46.0 Å². The third-order valence-corrected chi connectivity index (χ3v) is 30.9. The highest BCUT2D eigenvalue weighted by molar-refractivity contribution is 6.74. The molecule has 6 bridgehead atoms. The Morgan fingerprint density at radius 1 is 0.661 bits per heavy atom. The molecule has 0 radical (unpaired) electrons. The van der Waals surface area contributed by atoms with Gasteiger partial charge in [0.15, 0.2) is 32.6 Å². The van der Waals surface area contributed by atoms with Crippen LogP contribution >= 0.6 is 0 Å². The van der Waals surface area contributed by atoms with E-state index in [2.05, 4.69) is 75.4 Å². The first-order valence-corrected chi connectivity index (χ1v) is 48.8. The van der Waals surface area contributed by atoms with Gasteiger partial charge in [-0.15, -0.1) is 0 Å². The summed E-state index contributed by atoms with van der Waals surface area (Å²) in [7, 11) is 1.65. The van der Waals surface area contributed by atoms with Crippen molar-refractivity contribution in [2.24, 2.45) is 34.5 Å². The van der Waals surface area contributed by atoms with Crippen LogP contribution in [0.4, 0.5) is 0 Å². The van der Waals surface area contributed by atoms with Crippen LogP contribution in [-0.4, -0.2) is 216 Å². The number of aliphatic hydroxyl groups excluding tert-OH is 2. The second-order valence-corrected chi connectivity index (χ2v) is 43.5. The maximum atomic E-state index is 14.1. The fraction of sp³-hybridized carbons (Fsp3) is 0.840. The average molecular weight is 1730 g/mol. The summed E-state index contributed by atoms with van der Waals surface area (Å²) < 4.78 is 99.5. The molecule has 20 atom stereocenters. The Kier molecular flexibility index (Phi) is 41.7. The van der Waals surface area contributed by atoms with Gasteiger partial charge < -0.3 is 90.8 Å². The number of aldehydes is 1. The van der Waals surface area contributed by atoms with Crippen molar-refractivity contribution in [3.05, 3.63) is 47.6 Å². The summed E-state index contributed by atoms with van der Waals surface area (Å²) in [5, 5.41) is 33.5. The third kappa shape index (κ3) is 31.0. The van der Waals surface area contributed by atoms with Crippen LogP contribution in [0.3, 0.4) is 0 Å². The van der Waals surface area contributed by atoms with Crippen molar-refractivity contribution >= 4 is 50.4 Å². The van der Waals surface area contributed by atoms with Crippen LogP contribution in [0.25, 0.3) is 0 Å². The molecular weight excluding hydrogens is 1570 g/mol. The van der Waals surface area contributed by atoms with Crippen LogP contribution in [0.15, 0.2) is 47.6 Å². The molecule has 0 aromatic rings. The van der Waals surface area contributed by atoms with Gasteiger partial charge in [0, 0.05) is 81.0 Å². The molecule has 26 nitrogen and oxygen atoms in total. The molecule has 0 aromatic heterocycles. The molecule has 27 heteroatoms. The summed E-state index contributed by atoms with van der Waals surface area (Å²) in [6.45, 7) is 31.8. The number of carbonyl (C=O) groups excluding carboxylic acids is 7. The van der Waals surface area contributed by atoms with Gasteiger partial charge in [0.05, 0.1) is 102 Å². The van der Waals surface area contributed by atoms with Crippen molar-refractivity contribution in [3.8, 4) is 0 Å². The molecule has 7 fully saturated rings. The molecule has 0 aromatic carbocycles. The molecule has 1 unspecified atom stereocenters. The molecular formula is C94H156O26Si. The lowest BCUT2D eigenvalue weighted by Gasteiger charge is -2.53. The zero-order chi connectivity index (χ0) is 88.9. The molecule has 3 N–H and O–H groups in total. The number of fused-ring (bicyclic) bond motifs is 6. The van der Waals surface area contributed by atoms with Gasteiger partial charge >= 0.3 is 35.8 Å². The number of carbonyl (C=O) groups is 7. The van der Waals surface area contributed by atoms with Crippen molar-refractivity contribution in [1.29, 1.82) is 0 Å². The van der Waals surface area contributed by atoms with Gasteiger partial charge in [-0.1, -0.05) is 160 Å². The average Bonchev–Trinajstić information content (AvgIpc) is 0.739. The molecule has 1 saturated carbocycles. The predicted octanol–water partition coefficient (Wildman–Crippen LogP) is 16.3.